The molecule has 12 rings (SSSR count). The Balaban J connectivity index is 0.000000219. The summed E-state index contributed by atoms with van der Waals surface area (Å²) in [6.45, 7) is -3.86. The molecule has 0 aromatic carbocycles. The molecule has 2 amide bonds. The number of carbonyl (C=O) groups excluding carboxylic acids is 3. The van der Waals surface area contributed by atoms with Gasteiger partial charge >= 0.3 is 0 Å². The number of amides is 2. The molecule has 142 heavy (non-hydrogen) atoms. The lowest BCUT2D eigenvalue weighted by molar-refractivity contribution is -0.292. The molecule has 55 N–H and O–H groups in total. The predicted octanol–water partition coefficient (Wildman–Crippen LogP) is -22.0. The van der Waals surface area contributed by atoms with Gasteiger partial charge < -0.3 is 286 Å². The van der Waals surface area contributed by atoms with Gasteiger partial charge in [0.05, 0.1) is 99.1 Å². The fourth-order valence-corrected chi connectivity index (χ4v) is 19.1. The van der Waals surface area contributed by atoms with Crippen molar-refractivity contribution in [1.82, 2.24) is 10.6 Å². The van der Waals surface area contributed by atoms with E-state index in [1.165, 1.54) is 0 Å². The topological polar surface area (TPSA) is 1050 Å². The van der Waals surface area contributed by atoms with Gasteiger partial charge in [0.1, 0.15) is 171 Å². The highest BCUT2D eigenvalue weighted by Gasteiger charge is 2.61. The number of carbonyl (C=O) groups is 3. The van der Waals surface area contributed by atoms with E-state index in [1.807, 2.05) is 0 Å². The van der Waals surface area contributed by atoms with Gasteiger partial charge in [-0.25, -0.2) is 13.2 Å². The first-order chi connectivity index (χ1) is 67.3. The number of hydrogen-bond donors (Lipinski definition) is 37. The van der Waals surface area contributed by atoms with Gasteiger partial charge in [-0.15, -0.1) is 0 Å². The number of ketones is 1. The zero-order valence-corrected chi connectivity index (χ0v) is 78.1. The zero-order chi connectivity index (χ0) is 105. The molecule has 9 aliphatic heterocycles. The van der Waals surface area contributed by atoms with Gasteiger partial charge in [-0.3, -0.25) is 14.4 Å². The van der Waals surface area contributed by atoms with E-state index in [0.717, 1.165) is 0 Å². The molecule has 58 nitrogen and oxygen atoms in total. The van der Waals surface area contributed by atoms with Crippen molar-refractivity contribution in [3.63, 3.8) is 0 Å². The molecule has 54 atom stereocenters. The van der Waals surface area contributed by atoms with Crippen LogP contribution in [0.25, 0.3) is 0 Å². The van der Waals surface area contributed by atoms with Gasteiger partial charge in [0.25, 0.3) is 17.7 Å². The maximum Gasteiger partial charge on any atom is 0.294 e. The second-order valence-electron chi connectivity index (χ2n) is 37.9. The van der Waals surface area contributed by atoms with Crippen LogP contribution in [0.2, 0.25) is 0 Å². The van der Waals surface area contributed by atoms with Crippen molar-refractivity contribution < 1.29 is 200 Å². The van der Waals surface area contributed by atoms with Gasteiger partial charge in [-0.1, -0.05) is 0 Å². The lowest BCUT2D eigenvalue weighted by Crippen LogP contribution is -2.67. The Hall–Kier alpha value is -3.72. The van der Waals surface area contributed by atoms with E-state index in [0.29, 0.717) is 38.5 Å². The standard InChI is InChI=1S/C27H51F2N7O13.C27H52FN7O13.C27H52N6O12/c28-27(29,7-32)22(42)23(43)36-11-3-10(34)19(47-24-9(33)2-1-8(4-30)44-24)21(15(11)38)49-26-18(41)20(13(6-37)46-26)48-25-14(35)17(40)16(39)12(5-31)45-25;28-9(5-30)16(37)24(42)35-12-3-11(33)21(46-25-10(32)2-1-8(4-29)43-25)23(17(12)38)48-27-20(41)22(14(7-36)45-27)47-26-15(34)19(40)18(39)13(6-31)44-26;28-4-3-11(35)5-10-6-14(32)22(43-25-13(31)2-1-12(7-29)40-25)24(18(10)36)45-27-21(39)23(16(9-34)42-27)44-26-17(33)20(38)19(37)15(8-30)41-26/h8-22,24-26,37-42H,1-7,30-35H2,(H,36,43);8-23,25-27,36-41H,1-7,29-34H2,(H,35,42);10,12-27,34,36-39H,1-9,28-33H2/t8-,9+,10-,11+,12-,13+,14+,15-,16+,17+,18+,19+,20+,21+,22?,24+,25+,26-;8-,9+,10+,11-,12+,13-,14+,15+,16-,17-,18+,19+,20+,21+,22+,23+,25+,26+,27-;10-,12+,13-,14+,15+,16-,17-,18+,19-,20-,21-,22-,23-,24-,25-,26-,27+/m001/s1. The smallest absolute Gasteiger partial charge is 0.294 e. The Bertz CT molecular complexity index is 3780. The van der Waals surface area contributed by atoms with Gasteiger partial charge in [-0.05, 0) is 70.3 Å². The van der Waals surface area contributed by atoms with E-state index < -0.39 is 369 Å². The van der Waals surface area contributed by atoms with Crippen molar-refractivity contribution in [1.29, 1.82) is 0 Å². The SMILES string of the molecule is NCCC(=O)C[C@@H]1C[C@H](N)[C@@H](O[C@H]2O[C@H](CN)CC[C@H]2N)[C@H](O[C@@H]2O[C@H](CO)[C@@H](O[C@H]3O[C@@H](CN)[C@@H](O)[C@H](O)[C@H]3N)[C@H]2O)[C@H]1O.NC[C@@H]1CC[C@@H](N)[C@@H](O[C@H]2[C@H](O[C@@H]3O[C@H](CO)[C@@H](O[C@H]4O[C@@H](CN)[C@@H](O)[C@H](O)[C@H]4N)[C@H]3O)[C@@H](O)[C@H](NC(=O)C(O)C(F)(F)CN)C[C@@H]2N)O1.NC[C@@H]1CC[C@@H](N)[C@@H](O[C@H]2[C@H](O[C@@H]3O[C@H](CO)[C@@H](O[C@H]4O[C@@H](CN)[C@@H](O)[C@H](O)[C@H]4N)[C@H]3O)[C@@H](O)[C@H](NC(=O)[C@@H](O)[C@H](F)CN)C[C@@H]2N)O1. The molecular formula is C81H155F3N20O38. The quantitative estimate of drug-likeness (QED) is 0.0272. The van der Waals surface area contributed by atoms with Gasteiger partial charge in [0.15, 0.2) is 68.8 Å². The molecule has 9 heterocycles. The number of Topliss-reactive ketones (excluding diaryl/α,β-unsaturated/α-hetero) is 1. The number of rotatable bonds is 39. The molecule has 3 aliphatic carbocycles. The molecular weight excluding hydrogens is 1920 g/mol. The predicted molar refractivity (Wildman–Crippen MR) is 473 cm³/mol. The highest BCUT2D eigenvalue weighted by molar-refractivity contribution is 5.82. The average Bonchev–Trinajstić information content (AvgIpc) is 1.12. The second kappa shape index (κ2) is 54.5. The molecule has 0 bridgehead atoms. The number of aliphatic hydroxyl groups is 17. The summed E-state index contributed by atoms with van der Waals surface area (Å²) < 4.78 is 148. The lowest BCUT2D eigenvalue weighted by Gasteiger charge is -2.46. The maximum absolute atomic E-state index is 14.0. The largest absolute Gasteiger partial charge is 0.394 e. The number of hydrogen-bond acceptors (Lipinski definition) is 56. The van der Waals surface area contributed by atoms with Crippen molar-refractivity contribution in [3.05, 3.63) is 0 Å². The third kappa shape index (κ3) is 28.6. The van der Waals surface area contributed by atoms with Crippen LogP contribution in [0.15, 0.2) is 0 Å². The molecule has 0 aromatic rings. The second-order valence-corrected chi connectivity index (χ2v) is 37.9. The van der Waals surface area contributed by atoms with Crippen molar-refractivity contribution in [3.8, 4) is 0 Å². The van der Waals surface area contributed by atoms with E-state index in [2.05, 4.69) is 10.6 Å². The van der Waals surface area contributed by atoms with E-state index in [1.54, 1.807) is 0 Å². The molecule has 1 unspecified atom stereocenters. The normalized spacial score (nSPS) is 46.6. The summed E-state index contributed by atoms with van der Waals surface area (Å²) in [7, 11) is 0. The minimum absolute atomic E-state index is 0.0141. The van der Waals surface area contributed by atoms with Crippen LogP contribution in [-0.4, -0.2) is 514 Å². The first-order valence-electron chi connectivity index (χ1n) is 47.7. The van der Waals surface area contributed by atoms with Crippen LogP contribution in [0.1, 0.15) is 70.6 Å². The van der Waals surface area contributed by atoms with Crippen LogP contribution < -0.4 is 114 Å². The van der Waals surface area contributed by atoms with E-state index >= 15 is 0 Å². The molecule has 0 aromatic heterocycles. The van der Waals surface area contributed by atoms with Crippen LogP contribution in [0.3, 0.4) is 0 Å². The Labute approximate surface area is 814 Å². The van der Waals surface area contributed by atoms with Crippen LogP contribution in [-0.2, 0) is 99.6 Å². The van der Waals surface area contributed by atoms with Gasteiger partial charge in [-0.2, -0.15) is 0 Å². The molecule has 9 saturated heterocycles. The van der Waals surface area contributed by atoms with Crippen molar-refractivity contribution in [2.45, 2.75) is 401 Å². The van der Waals surface area contributed by atoms with E-state index in [4.69, 9.17) is 188 Å². The van der Waals surface area contributed by atoms with Crippen molar-refractivity contribution in [2.75, 3.05) is 78.7 Å². The Morgan fingerprint density at radius 2 is 0.634 bits per heavy atom. The van der Waals surface area contributed by atoms with Crippen LogP contribution in [0, 0.1) is 5.92 Å². The molecule has 12 fully saturated rings. The van der Waals surface area contributed by atoms with Crippen LogP contribution in [0.5, 0.6) is 0 Å². The Kier molecular flexibility index (Phi) is 46.1. The number of halogens is 3. The average molecular weight is 2070 g/mol. The Morgan fingerprint density at radius 3 is 0.930 bits per heavy atom. The summed E-state index contributed by atoms with van der Waals surface area (Å²) in [4.78, 5) is 37.7. The summed E-state index contributed by atoms with van der Waals surface area (Å²) >= 11 is 0. The number of ether oxygens (including phenoxy) is 18. The number of aliphatic hydroxyl groups excluding tert-OH is 17. The van der Waals surface area contributed by atoms with E-state index in [9.17, 15) is 114 Å². The summed E-state index contributed by atoms with van der Waals surface area (Å²) in [5, 5.41) is 185. The molecule has 61 heteroatoms. The monoisotopic (exact) mass is 2070 g/mol. The number of alkyl halides is 3. The molecule has 828 valence electrons. The summed E-state index contributed by atoms with van der Waals surface area (Å²) in [5.41, 5.74) is 106. The van der Waals surface area contributed by atoms with Gasteiger partial charge in [0.2, 0.25) is 0 Å². The highest BCUT2D eigenvalue weighted by Crippen LogP contribution is 2.42. The minimum Gasteiger partial charge on any atom is -0.394 e. The fourth-order valence-electron chi connectivity index (χ4n) is 19.1. The summed E-state index contributed by atoms with van der Waals surface area (Å²) in [6.07, 6.45) is -54.2. The fraction of sp³-hybridized carbons (Fsp3) is 0.963. The molecule has 3 saturated carbocycles. The van der Waals surface area contributed by atoms with Crippen LogP contribution >= 0.6 is 0 Å². The maximum atomic E-state index is 14.0. The zero-order valence-electron chi connectivity index (χ0n) is 78.1. The molecule has 0 spiro atoms. The van der Waals surface area contributed by atoms with E-state index in [-0.39, 0.29) is 95.9 Å². The first kappa shape index (κ1) is 120. The number of nitrogens with two attached hydrogens (primary N) is 18. The molecule has 12 aliphatic rings. The summed E-state index contributed by atoms with van der Waals surface area (Å²) in [5.74, 6) is -7.49. The van der Waals surface area contributed by atoms with Crippen LogP contribution in [0.4, 0.5) is 13.2 Å². The molecule has 0 radical (unpaired) electrons. The van der Waals surface area contributed by atoms with Crippen molar-refractivity contribution in [2.24, 2.45) is 109 Å². The number of nitrogens with one attached hydrogen (secondary N) is 2. The third-order valence-electron chi connectivity index (χ3n) is 27.8. The first-order valence-corrected chi connectivity index (χ1v) is 47.7. The highest BCUT2D eigenvalue weighted by atomic mass is 19.3. The van der Waals surface area contributed by atoms with Gasteiger partial charge in [0, 0.05) is 76.8 Å². The summed E-state index contributed by atoms with van der Waals surface area (Å²) in [6, 6.07) is -11.1. The van der Waals surface area contributed by atoms with Crippen molar-refractivity contribution >= 4 is 17.6 Å². The third-order valence-corrected chi connectivity index (χ3v) is 27.8. The Morgan fingerprint density at radius 1 is 0.338 bits per heavy atom. The minimum atomic E-state index is -3.99. The lowest BCUT2D eigenvalue weighted by atomic mass is 9.77.